The van der Waals surface area contributed by atoms with Crippen LogP contribution in [0.4, 0.5) is 17.3 Å². The number of pyridine rings is 1. The zero-order chi connectivity index (χ0) is 25.4. The summed E-state index contributed by atoms with van der Waals surface area (Å²) in [5, 5.41) is 21.2. The number of methoxy groups -OCH3 is 1. The highest BCUT2D eigenvalue weighted by Crippen LogP contribution is 2.35. The number of carbonyl (C=O) groups is 2. The number of nitrogens with zero attached hydrogens (tertiary/aromatic N) is 5. The number of nitrogens with one attached hydrogen (secondary N) is 4. The van der Waals surface area contributed by atoms with Crippen molar-refractivity contribution in [3.8, 4) is 17.1 Å². The van der Waals surface area contributed by atoms with Gasteiger partial charge in [-0.15, -0.1) is 10.2 Å². The van der Waals surface area contributed by atoms with E-state index in [0.29, 0.717) is 11.4 Å². The third kappa shape index (κ3) is 3.87. The lowest BCUT2D eigenvalue weighted by atomic mass is 10.2. The summed E-state index contributed by atoms with van der Waals surface area (Å²) in [7, 11) is 1.39. The van der Waals surface area contributed by atoms with Crippen LogP contribution in [0.2, 0.25) is 0 Å². The standard InChI is InChI=1S/C18H19N9O3/c1-19-18(29)13-11(7-12(25-26-13)24-17(28)9-3-4-9)23-16-14(30-2)10(5-6-20-16)15-21-8-22-27-15/h5-9H,3-4H2,1-2H3,(H,19,29)(H,21,22,27)(H2,20,23,24,25,28)/i1D3,3D2. The second-order valence-electron chi connectivity index (χ2n) is 6.10. The number of carbonyl (C=O) groups excluding carboxylic acids is 2. The van der Waals surface area contributed by atoms with Crippen LogP contribution in [0.25, 0.3) is 11.4 Å². The van der Waals surface area contributed by atoms with Crippen LogP contribution in [0, 0.1) is 5.92 Å². The third-order valence-electron chi connectivity index (χ3n) is 4.13. The maximum Gasteiger partial charge on any atom is 0.273 e. The maximum absolute atomic E-state index is 12.6. The number of anilines is 3. The molecule has 4 N–H and O–H groups in total. The summed E-state index contributed by atoms with van der Waals surface area (Å²) in [6.45, 7) is -2.79. The fraction of sp³-hybridized carbons (Fsp3) is 0.278. The van der Waals surface area contributed by atoms with Crippen molar-refractivity contribution in [2.45, 2.75) is 12.8 Å². The highest BCUT2D eigenvalue weighted by molar-refractivity contribution is 5.99. The molecule has 0 bridgehead atoms. The van der Waals surface area contributed by atoms with E-state index in [1.165, 1.54) is 25.7 Å². The van der Waals surface area contributed by atoms with Crippen molar-refractivity contribution in [3.05, 3.63) is 30.4 Å². The Balaban J connectivity index is 1.70. The Morgan fingerprint density at radius 1 is 1.37 bits per heavy atom. The highest BCUT2D eigenvalue weighted by atomic mass is 16.5. The lowest BCUT2D eigenvalue weighted by Gasteiger charge is -2.15. The van der Waals surface area contributed by atoms with Crippen molar-refractivity contribution in [1.29, 1.82) is 0 Å². The van der Waals surface area contributed by atoms with Crippen LogP contribution in [0.1, 0.15) is 30.1 Å². The number of H-pyrrole nitrogens is 1. The van der Waals surface area contributed by atoms with Gasteiger partial charge in [0.25, 0.3) is 5.91 Å². The van der Waals surface area contributed by atoms with Crippen LogP contribution in [-0.2, 0) is 4.79 Å². The van der Waals surface area contributed by atoms with E-state index in [4.69, 9.17) is 11.6 Å². The number of hydrogen-bond donors (Lipinski definition) is 4. The smallest absolute Gasteiger partial charge is 0.273 e. The molecular formula is C18H19N9O3. The predicted molar refractivity (Wildman–Crippen MR) is 106 cm³/mol. The van der Waals surface area contributed by atoms with E-state index in [1.807, 2.05) is 5.32 Å². The summed E-state index contributed by atoms with van der Waals surface area (Å²) in [6.07, 6.45) is 1.23. The Bertz CT molecular complexity index is 1270. The zero-order valence-electron chi connectivity index (χ0n) is 20.6. The monoisotopic (exact) mass is 414 g/mol. The van der Waals surface area contributed by atoms with Crippen molar-refractivity contribution in [2.75, 3.05) is 24.7 Å². The van der Waals surface area contributed by atoms with E-state index >= 15 is 0 Å². The van der Waals surface area contributed by atoms with E-state index in [-0.39, 0.29) is 29.5 Å². The fourth-order valence-corrected chi connectivity index (χ4v) is 2.63. The fourth-order valence-electron chi connectivity index (χ4n) is 2.63. The van der Waals surface area contributed by atoms with E-state index < -0.39 is 36.8 Å². The molecule has 4 rings (SSSR count). The van der Waals surface area contributed by atoms with Gasteiger partial charge in [-0.1, -0.05) is 0 Å². The minimum absolute atomic E-state index is 0.0450. The van der Waals surface area contributed by atoms with Crippen molar-refractivity contribution in [2.24, 2.45) is 5.92 Å². The number of aromatic nitrogens is 6. The molecule has 0 spiro atoms. The van der Waals surface area contributed by atoms with Gasteiger partial charge >= 0.3 is 0 Å². The van der Waals surface area contributed by atoms with Gasteiger partial charge in [0.2, 0.25) is 5.91 Å². The molecule has 0 aliphatic heterocycles. The second-order valence-corrected chi connectivity index (χ2v) is 6.10. The van der Waals surface area contributed by atoms with Gasteiger partial charge in [-0.3, -0.25) is 14.7 Å². The molecule has 1 unspecified atom stereocenters. The van der Waals surface area contributed by atoms with E-state index in [0.717, 1.165) is 0 Å². The molecule has 1 aliphatic carbocycles. The molecule has 3 aromatic rings. The van der Waals surface area contributed by atoms with Crippen molar-refractivity contribution < 1.29 is 21.2 Å². The van der Waals surface area contributed by atoms with Crippen molar-refractivity contribution >= 4 is 29.1 Å². The van der Waals surface area contributed by atoms with Gasteiger partial charge in [-0.2, -0.15) is 5.10 Å². The van der Waals surface area contributed by atoms with Crippen LogP contribution < -0.4 is 20.7 Å². The average molecular weight is 414 g/mol. The molecular weight excluding hydrogens is 390 g/mol. The Kier molecular flexibility index (Phi) is 3.78. The highest BCUT2D eigenvalue weighted by Gasteiger charge is 2.30. The first-order valence-corrected chi connectivity index (χ1v) is 8.65. The molecule has 0 aromatic carbocycles. The Hall–Kier alpha value is -4.09. The van der Waals surface area contributed by atoms with Crippen molar-refractivity contribution in [1.82, 2.24) is 35.7 Å². The van der Waals surface area contributed by atoms with Crippen LogP contribution in [0.3, 0.4) is 0 Å². The summed E-state index contributed by atoms with van der Waals surface area (Å²) >= 11 is 0. The van der Waals surface area contributed by atoms with Crippen LogP contribution in [0.5, 0.6) is 5.75 Å². The third-order valence-corrected chi connectivity index (χ3v) is 4.13. The first-order chi connectivity index (χ1) is 16.5. The lowest BCUT2D eigenvalue weighted by molar-refractivity contribution is -0.117. The summed E-state index contributed by atoms with van der Waals surface area (Å²) in [5.41, 5.74) is 0.0497. The quantitative estimate of drug-likeness (QED) is 0.444. The molecule has 30 heavy (non-hydrogen) atoms. The molecule has 0 radical (unpaired) electrons. The molecule has 12 heteroatoms. The number of amides is 2. The molecule has 0 saturated heterocycles. The SMILES string of the molecule is [2H]C([2H])([2H])NC(=O)c1nnc(NC(=O)C2CC2([2H])[2H])cc1Nc1nccc(-c2ncn[nH]2)c1OC. The van der Waals surface area contributed by atoms with E-state index in [1.54, 1.807) is 6.07 Å². The van der Waals surface area contributed by atoms with Crippen LogP contribution in [-0.4, -0.2) is 56.3 Å². The molecule has 154 valence electrons. The van der Waals surface area contributed by atoms with Gasteiger partial charge in [-0.05, 0) is 18.9 Å². The molecule has 1 atom stereocenters. The van der Waals surface area contributed by atoms with Gasteiger partial charge in [0.15, 0.2) is 28.9 Å². The normalized spacial score (nSPS) is 19.2. The summed E-state index contributed by atoms with van der Waals surface area (Å²) in [6, 6.07) is 2.87. The first-order valence-electron chi connectivity index (χ1n) is 11.2. The van der Waals surface area contributed by atoms with Gasteiger partial charge in [-0.25, -0.2) is 9.97 Å². The number of hydrogen-bond acceptors (Lipinski definition) is 9. The number of aromatic amines is 1. The largest absolute Gasteiger partial charge is 0.492 e. The Morgan fingerprint density at radius 3 is 2.93 bits per heavy atom. The maximum atomic E-state index is 12.6. The predicted octanol–water partition coefficient (Wildman–Crippen LogP) is 1.12. The molecule has 1 saturated carbocycles. The molecule has 3 heterocycles. The van der Waals surface area contributed by atoms with Gasteiger partial charge in [0.1, 0.15) is 6.33 Å². The molecule has 3 aromatic heterocycles. The lowest BCUT2D eigenvalue weighted by Crippen LogP contribution is -2.22. The molecule has 12 nitrogen and oxygen atoms in total. The van der Waals surface area contributed by atoms with Gasteiger partial charge in [0, 0.05) is 32.0 Å². The van der Waals surface area contributed by atoms with Crippen LogP contribution in [0.15, 0.2) is 24.7 Å². The minimum Gasteiger partial charge on any atom is -0.492 e. The molecule has 1 aliphatic rings. The van der Waals surface area contributed by atoms with E-state index in [9.17, 15) is 9.59 Å². The van der Waals surface area contributed by atoms with Crippen molar-refractivity contribution in [3.63, 3.8) is 0 Å². The minimum atomic E-state index is -2.79. The number of rotatable bonds is 7. The topological polar surface area (TPSA) is 160 Å². The summed E-state index contributed by atoms with van der Waals surface area (Å²) in [4.78, 5) is 33.2. The molecule has 2 amide bonds. The van der Waals surface area contributed by atoms with E-state index in [2.05, 4.69) is 41.0 Å². The second kappa shape index (κ2) is 8.11. The first kappa shape index (κ1) is 14.0. The number of ether oxygens (including phenoxy) is 1. The Morgan fingerprint density at radius 2 is 2.23 bits per heavy atom. The summed E-state index contributed by atoms with van der Waals surface area (Å²) in [5.74, 6) is -1.85. The Labute approximate surface area is 177 Å². The summed E-state index contributed by atoms with van der Waals surface area (Å²) < 4.78 is 42.6. The van der Waals surface area contributed by atoms with Gasteiger partial charge < -0.3 is 20.7 Å². The molecule has 1 fully saturated rings. The van der Waals surface area contributed by atoms with Gasteiger partial charge in [0.05, 0.1) is 18.4 Å². The van der Waals surface area contributed by atoms with Crippen LogP contribution >= 0.6 is 0 Å². The average Bonchev–Trinajstić information content (AvgIpc) is 3.16. The zero-order valence-corrected chi connectivity index (χ0v) is 15.6.